The Morgan fingerprint density at radius 3 is 2.81 bits per heavy atom. The zero-order valence-electron chi connectivity index (χ0n) is 9.22. The van der Waals surface area contributed by atoms with Gasteiger partial charge in [-0.25, -0.2) is 4.79 Å². The van der Waals surface area contributed by atoms with Crippen molar-refractivity contribution in [3.63, 3.8) is 0 Å². The highest BCUT2D eigenvalue weighted by atomic mass is 32.1. The summed E-state index contributed by atoms with van der Waals surface area (Å²) in [5.74, 6) is 0. The average molecular weight is 241 g/mol. The molecule has 0 aromatic carbocycles. The maximum absolute atomic E-state index is 11.8. The number of anilines is 1. The molecule has 2 heterocycles. The Labute approximate surface area is 98.3 Å². The van der Waals surface area contributed by atoms with E-state index in [1.54, 1.807) is 5.51 Å². The summed E-state index contributed by atoms with van der Waals surface area (Å²) in [7, 11) is 0. The first-order chi connectivity index (χ1) is 7.79. The van der Waals surface area contributed by atoms with Crippen LogP contribution in [0.5, 0.6) is 0 Å². The van der Waals surface area contributed by atoms with E-state index in [1.165, 1.54) is 11.3 Å². The number of hydrogen-bond acceptors (Lipinski definition) is 5. The van der Waals surface area contributed by atoms with Gasteiger partial charge in [0.2, 0.25) is 5.13 Å². The molecular formula is C9H15N5OS. The van der Waals surface area contributed by atoms with Gasteiger partial charge in [0.05, 0.1) is 0 Å². The van der Waals surface area contributed by atoms with E-state index in [0.29, 0.717) is 5.13 Å². The molecule has 2 amide bonds. The summed E-state index contributed by atoms with van der Waals surface area (Å²) in [6.45, 7) is 6.62. The van der Waals surface area contributed by atoms with Crippen LogP contribution in [0.25, 0.3) is 0 Å². The second-order valence-electron chi connectivity index (χ2n) is 3.60. The summed E-state index contributed by atoms with van der Waals surface area (Å²) in [6.07, 6.45) is 0. The third-order valence-electron chi connectivity index (χ3n) is 2.68. The van der Waals surface area contributed by atoms with Gasteiger partial charge in [-0.15, -0.1) is 10.2 Å². The number of piperazine rings is 1. The first-order valence-electron chi connectivity index (χ1n) is 5.34. The molecule has 0 atom stereocenters. The molecule has 0 bridgehead atoms. The predicted octanol–water partition coefficient (Wildman–Crippen LogP) is 0.707. The zero-order valence-corrected chi connectivity index (χ0v) is 10.0. The van der Waals surface area contributed by atoms with Gasteiger partial charge in [-0.3, -0.25) is 5.32 Å². The molecule has 0 unspecified atom stereocenters. The number of carbonyl (C=O) groups excluding carboxylic acids is 1. The molecule has 1 aromatic rings. The first kappa shape index (κ1) is 11.3. The molecule has 1 aliphatic heterocycles. The van der Waals surface area contributed by atoms with Gasteiger partial charge in [0.15, 0.2) is 0 Å². The van der Waals surface area contributed by atoms with E-state index in [4.69, 9.17) is 0 Å². The fourth-order valence-corrected chi connectivity index (χ4v) is 2.10. The quantitative estimate of drug-likeness (QED) is 0.828. The topological polar surface area (TPSA) is 61.4 Å². The van der Waals surface area contributed by atoms with Crippen molar-refractivity contribution in [2.75, 3.05) is 38.0 Å². The fourth-order valence-electron chi connectivity index (χ4n) is 1.67. The summed E-state index contributed by atoms with van der Waals surface area (Å²) in [5.41, 5.74) is 1.60. The SMILES string of the molecule is CCN1CCN(C(=O)Nc2nncs2)CC1. The minimum atomic E-state index is -0.0764. The molecular weight excluding hydrogens is 226 g/mol. The molecule has 88 valence electrons. The summed E-state index contributed by atoms with van der Waals surface area (Å²) < 4.78 is 0. The second-order valence-corrected chi connectivity index (χ2v) is 4.43. The van der Waals surface area contributed by atoms with Crippen molar-refractivity contribution in [1.29, 1.82) is 0 Å². The summed E-state index contributed by atoms with van der Waals surface area (Å²) in [6, 6.07) is -0.0764. The van der Waals surface area contributed by atoms with E-state index >= 15 is 0 Å². The molecule has 0 radical (unpaired) electrons. The highest BCUT2D eigenvalue weighted by molar-refractivity contribution is 7.13. The lowest BCUT2D eigenvalue weighted by Crippen LogP contribution is -2.49. The van der Waals surface area contributed by atoms with Crippen molar-refractivity contribution >= 4 is 22.5 Å². The Balaban J connectivity index is 1.82. The largest absolute Gasteiger partial charge is 0.323 e. The second kappa shape index (κ2) is 5.22. The number of amides is 2. The van der Waals surface area contributed by atoms with Crippen LogP contribution in [0.4, 0.5) is 9.93 Å². The molecule has 1 N–H and O–H groups in total. The van der Waals surface area contributed by atoms with Crippen LogP contribution in [0.3, 0.4) is 0 Å². The Morgan fingerprint density at radius 1 is 1.50 bits per heavy atom. The minimum absolute atomic E-state index is 0.0764. The van der Waals surface area contributed by atoms with E-state index in [-0.39, 0.29) is 6.03 Å². The van der Waals surface area contributed by atoms with Crippen molar-refractivity contribution in [2.45, 2.75) is 6.92 Å². The van der Waals surface area contributed by atoms with E-state index in [9.17, 15) is 4.79 Å². The number of nitrogens with zero attached hydrogens (tertiary/aromatic N) is 4. The van der Waals surface area contributed by atoms with Crippen molar-refractivity contribution in [1.82, 2.24) is 20.0 Å². The van der Waals surface area contributed by atoms with Gasteiger partial charge in [0, 0.05) is 26.2 Å². The average Bonchev–Trinajstić information content (AvgIpc) is 2.82. The standard InChI is InChI=1S/C9H15N5OS/c1-2-13-3-5-14(6-4-13)9(15)11-8-12-10-7-16-8/h7H,2-6H2,1H3,(H,11,12,15). The molecule has 1 aliphatic rings. The van der Waals surface area contributed by atoms with E-state index < -0.39 is 0 Å². The summed E-state index contributed by atoms with van der Waals surface area (Å²) in [5, 5.41) is 10.8. The van der Waals surface area contributed by atoms with E-state index in [1.807, 2.05) is 4.90 Å². The summed E-state index contributed by atoms with van der Waals surface area (Å²) in [4.78, 5) is 15.9. The molecule has 0 spiro atoms. The molecule has 1 aromatic heterocycles. The molecule has 16 heavy (non-hydrogen) atoms. The van der Waals surface area contributed by atoms with Crippen LogP contribution < -0.4 is 5.32 Å². The minimum Gasteiger partial charge on any atom is -0.322 e. The van der Waals surface area contributed by atoms with Gasteiger partial charge in [-0.05, 0) is 6.54 Å². The predicted molar refractivity (Wildman–Crippen MR) is 62.6 cm³/mol. The van der Waals surface area contributed by atoms with Crippen molar-refractivity contribution < 1.29 is 4.79 Å². The Bertz CT molecular complexity index is 334. The van der Waals surface area contributed by atoms with Crippen LogP contribution in [0.1, 0.15) is 6.92 Å². The van der Waals surface area contributed by atoms with Gasteiger partial charge >= 0.3 is 6.03 Å². The Morgan fingerprint density at radius 2 is 2.25 bits per heavy atom. The van der Waals surface area contributed by atoms with Crippen LogP contribution in [-0.2, 0) is 0 Å². The lowest BCUT2D eigenvalue weighted by atomic mass is 10.3. The molecule has 2 rings (SSSR count). The maximum atomic E-state index is 11.8. The van der Waals surface area contributed by atoms with Crippen LogP contribution in [0, 0.1) is 0 Å². The number of aromatic nitrogens is 2. The Kier molecular flexibility index (Phi) is 3.68. The van der Waals surface area contributed by atoms with Crippen molar-refractivity contribution in [3.8, 4) is 0 Å². The van der Waals surface area contributed by atoms with Gasteiger partial charge < -0.3 is 9.80 Å². The fraction of sp³-hybridized carbons (Fsp3) is 0.667. The maximum Gasteiger partial charge on any atom is 0.323 e. The van der Waals surface area contributed by atoms with Gasteiger partial charge in [0.25, 0.3) is 0 Å². The summed E-state index contributed by atoms with van der Waals surface area (Å²) >= 11 is 1.33. The molecule has 1 saturated heterocycles. The van der Waals surface area contributed by atoms with Crippen LogP contribution in [0.2, 0.25) is 0 Å². The van der Waals surface area contributed by atoms with Crippen LogP contribution >= 0.6 is 11.3 Å². The van der Waals surface area contributed by atoms with Crippen LogP contribution in [0.15, 0.2) is 5.51 Å². The molecule has 1 fully saturated rings. The van der Waals surface area contributed by atoms with Crippen molar-refractivity contribution in [2.24, 2.45) is 0 Å². The highest BCUT2D eigenvalue weighted by Crippen LogP contribution is 2.10. The number of hydrogen-bond donors (Lipinski definition) is 1. The smallest absolute Gasteiger partial charge is 0.322 e. The van der Waals surface area contributed by atoms with Gasteiger partial charge in [-0.1, -0.05) is 18.3 Å². The molecule has 0 aliphatic carbocycles. The zero-order chi connectivity index (χ0) is 11.4. The molecule has 6 nitrogen and oxygen atoms in total. The highest BCUT2D eigenvalue weighted by Gasteiger charge is 2.20. The first-order valence-corrected chi connectivity index (χ1v) is 6.22. The molecule has 7 heteroatoms. The number of nitrogens with one attached hydrogen (secondary N) is 1. The van der Waals surface area contributed by atoms with E-state index in [2.05, 4.69) is 27.3 Å². The van der Waals surface area contributed by atoms with Gasteiger partial charge in [-0.2, -0.15) is 0 Å². The van der Waals surface area contributed by atoms with E-state index in [0.717, 1.165) is 32.7 Å². The lowest BCUT2D eigenvalue weighted by molar-refractivity contribution is 0.151. The number of carbonyl (C=O) groups is 1. The number of rotatable bonds is 2. The third-order valence-corrected chi connectivity index (χ3v) is 3.29. The third kappa shape index (κ3) is 2.67. The lowest BCUT2D eigenvalue weighted by Gasteiger charge is -2.33. The monoisotopic (exact) mass is 241 g/mol. The van der Waals surface area contributed by atoms with Crippen LogP contribution in [-0.4, -0.2) is 58.8 Å². The molecule has 0 saturated carbocycles. The van der Waals surface area contributed by atoms with Crippen molar-refractivity contribution in [3.05, 3.63) is 5.51 Å². The van der Waals surface area contributed by atoms with Gasteiger partial charge in [0.1, 0.15) is 5.51 Å². The normalized spacial score (nSPS) is 17.4. The number of urea groups is 1. The Hall–Kier alpha value is -1.21. The number of likely N-dealkylation sites (N-methyl/N-ethyl adjacent to an activating group) is 1.